The molecule has 1 aromatic rings. The normalized spacial score (nSPS) is 20.7. The van der Waals surface area contributed by atoms with Gasteiger partial charge in [-0.3, -0.25) is 4.79 Å². The highest BCUT2D eigenvalue weighted by atomic mass is 16.5. The topological polar surface area (TPSA) is 38.3 Å². The van der Waals surface area contributed by atoms with Crippen molar-refractivity contribution < 1.29 is 9.53 Å². The minimum absolute atomic E-state index is 0.0122. The first kappa shape index (κ1) is 13.1. The maximum absolute atomic E-state index is 11.9. The summed E-state index contributed by atoms with van der Waals surface area (Å²) in [6.45, 7) is 6.90. The lowest BCUT2D eigenvalue weighted by atomic mass is 10.0. The summed E-state index contributed by atoms with van der Waals surface area (Å²) in [7, 11) is 0. The third kappa shape index (κ3) is 2.91. The maximum atomic E-state index is 11.9. The zero-order valence-electron chi connectivity index (χ0n) is 11.3. The first-order valence-electron chi connectivity index (χ1n) is 6.57. The molecule has 1 amide bonds. The number of nitrogens with one attached hydrogen (secondary N) is 1. The lowest BCUT2D eigenvalue weighted by molar-refractivity contribution is -0.130. The Morgan fingerprint density at radius 1 is 1.39 bits per heavy atom. The molecule has 3 nitrogen and oxygen atoms in total. The van der Waals surface area contributed by atoms with Gasteiger partial charge >= 0.3 is 0 Å². The second-order valence-corrected chi connectivity index (χ2v) is 5.08. The van der Waals surface area contributed by atoms with Crippen LogP contribution in [0.1, 0.15) is 42.5 Å². The number of hydrogen-bond donors (Lipinski definition) is 1. The minimum atomic E-state index is -0.251. The van der Waals surface area contributed by atoms with Crippen LogP contribution in [0.3, 0.4) is 0 Å². The zero-order chi connectivity index (χ0) is 13.1. The van der Waals surface area contributed by atoms with Gasteiger partial charge in [-0.05, 0) is 50.3 Å². The third-order valence-electron chi connectivity index (χ3n) is 3.61. The first-order chi connectivity index (χ1) is 8.58. The van der Waals surface area contributed by atoms with Crippen molar-refractivity contribution in [2.75, 3.05) is 6.61 Å². The molecule has 1 aromatic carbocycles. The smallest absolute Gasteiger partial charge is 0.249 e. The standard InChI is InChI=1S/C15H21NO2/c1-10-6-7-13(9-11(10)2)12(3)16-15(17)14-5-4-8-18-14/h6-7,9,12,14H,4-5,8H2,1-3H3,(H,16,17)/t12-,14-/m1/s1. The summed E-state index contributed by atoms with van der Waals surface area (Å²) in [5, 5.41) is 3.02. The predicted molar refractivity (Wildman–Crippen MR) is 71.4 cm³/mol. The lowest BCUT2D eigenvalue weighted by Crippen LogP contribution is -2.35. The van der Waals surface area contributed by atoms with Crippen LogP contribution in [0.4, 0.5) is 0 Å². The molecule has 0 bridgehead atoms. The number of ether oxygens (including phenoxy) is 1. The van der Waals surface area contributed by atoms with E-state index in [-0.39, 0.29) is 18.1 Å². The number of benzene rings is 1. The number of aryl methyl sites for hydroxylation is 2. The monoisotopic (exact) mass is 247 g/mol. The summed E-state index contributed by atoms with van der Waals surface area (Å²) in [4.78, 5) is 11.9. The Hall–Kier alpha value is -1.35. The summed E-state index contributed by atoms with van der Waals surface area (Å²) in [6.07, 6.45) is 1.57. The van der Waals surface area contributed by atoms with Crippen LogP contribution >= 0.6 is 0 Å². The van der Waals surface area contributed by atoms with Gasteiger partial charge in [-0.2, -0.15) is 0 Å². The van der Waals surface area contributed by atoms with Crippen molar-refractivity contribution in [3.8, 4) is 0 Å². The predicted octanol–water partition coefficient (Wildman–Crippen LogP) is 2.66. The molecule has 98 valence electrons. The fourth-order valence-corrected chi connectivity index (χ4v) is 2.21. The van der Waals surface area contributed by atoms with Gasteiger partial charge in [0.25, 0.3) is 0 Å². The molecular weight excluding hydrogens is 226 g/mol. The molecule has 0 aliphatic carbocycles. The van der Waals surface area contributed by atoms with Gasteiger partial charge in [0.15, 0.2) is 0 Å². The number of carbonyl (C=O) groups is 1. The fourth-order valence-electron chi connectivity index (χ4n) is 2.21. The Kier molecular flexibility index (Phi) is 4.02. The molecule has 1 saturated heterocycles. The molecule has 18 heavy (non-hydrogen) atoms. The van der Waals surface area contributed by atoms with Gasteiger partial charge in [0.2, 0.25) is 5.91 Å². The van der Waals surface area contributed by atoms with Gasteiger partial charge < -0.3 is 10.1 Å². The number of amides is 1. The first-order valence-corrected chi connectivity index (χ1v) is 6.57. The van der Waals surface area contributed by atoms with Crippen molar-refractivity contribution in [1.82, 2.24) is 5.32 Å². The molecule has 2 rings (SSSR count). The lowest BCUT2D eigenvalue weighted by Gasteiger charge is -2.18. The molecule has 3 heteroatoms. The van der Waals surface area contributed by atoms with Crippen LogP contribution in [-0.4, -0.2) is 18.6 Å². The summed E-state index contributed by atoms with van der Waals surface area (Å²) in [6, 6.07) is 6.33. The summed E-state index contributed by atoms with van der Waals surface area (Å²) in [5.41, 5.74) is 3.67. The van der Waals surface area contributed by atoms with Gasteiger partial charge in [-0.1, -0.05) is 18.2 Å². The molecule has 1 aliphatic rings. The van der Waals surface area contributed by atoms with E-state index in [1.165, 1.54) is 11.1 Å². The van der Waals surface area contributed by atoms with E-state index in [4.69, 9.17) is 4.74 Å². The van der Waals surface area contributed by atoms with E-state index in [9.17, 15) is 4.79 Å². The third-order valence-corrected chi connectivity index (χ3v) is 3.61. The average Bonchev–Trinajstić information content (AvgIpc) is 2.86. The molecule has 1 fully saturated rings. The number of carbonyl (C=O) groups excluding carboxylic acids is 1. The molecular formula is C15H21NO2. The van der Waals surface area contributed by atoms with Crippen molar-refractivity contribution >= 4 is 5.91 Å². The van der Waals surface area contributed by atoms with Crippen molar-refractivity contribution in [1.29, 1.82) is 0 Å². The molecule has 1 aliphatic heterocycles. The van der Waals surface area contributed by atoms with Gasteiger partial charge in [0, 0.05) is 6.61 Å². The van der Waals surface area contributed by atoms with Crippen LogP contribution in [0.15, 0.2) is 18.2 Å². The molecule has 0 aromatic heterocycles. The van der Waals surface area contributed by atoms with Crippen LogP contribution in [0.5, 0.6) is 0 Å². The van der Waals surface area contributed by atoms with Gasteiger partial charge in [0.1, 0.15) is 6.10 Å². The molecule has 0 saturated carbocycles. The molecule has 1 heterocycles. The van der Waals surface area contributed by atoms with Gasteiger partial charge in [0.05, 0.1) is 6.04 Å². The quantitative estimate of drug-likeness (QED) is 0.891. The Bertz CT molecular complexity index is 436. The molecule has 2 atom stereocenters. The van der Waals surface area contributed by atoms with Crippen LogP contribution in [-0.2, 0) is 9.53 Å². The van der Waals surface area contributed by atoms with E-state index in [0.29, 0.717) is 6.61 Å². The van der Waals surface area contributed by atoms with Crippen molar-refractivity contribution in [3.63, 3.8) is 0 Å². The fraction of sp³-hybridized carbons (Fsp3) is 0.533. The molecule has 0 spiro atoms. The molecule has 1 N–H and O–H groups in total. The van der Waals surface area contributed by atoms with E-state index < -0.39 is 0 Å². The van der Waals surface area contributed by atoms with Crippen molar-refractivity contribution in [2.45, 2.75) is 45.8 Å². The Labute approximate surface area is 109 Å². The Morgan fingerprint density at radius 2 is 2.17 bits per heavy atom. The van der Waals surface area contributed by atoms with E-state index in [1.54, 1.807) is 0 Å². The van der Waals surface area contributed by atoms with Crippen LogP contribution in [0, 0.1) is 13.8 Å². The summed E-state index contributed by atoms with van der Waals surface area (Å²) >= 11 is 0. The van der Waals surface area contributed by atoms with E-state index in [1.807, 2.05) is 6.92 Å². The van der Waals surface area contributed by atoms with Crippen molar-refractivity contribution in [2.24, 2.45) is 0 Å². The maximum Gasteiger partial charge on any atom is 0.249 e. The van der Waals surface area contributed by atoms with E-state index >= 15 is 0 Å². The SMILES string of the molecule is Cc1ccc([C@@H](C)NC(=O)[C@H]2CCCO2)cc1C. The Morgan fingerprint density at radius 3 is 2.78 bits per heavy atom. The molecule has 0 radical (unpaired) electrons. The molecule has 0 unspecified atom stereocenters. The van der Waals surface area contributed by atoms with Crippen LogP contribution in [0.25, 0.3) is 0 Å². The zero-order valence-corrected chi connectivity index (χ0v) is 11.3. The minimum Gasteiger partial charge on any atom is -0.368 e. The number of hydrogen-bond acceptors (Lipinski definition) is 2. The highest BCUT2D eigenvalue weighted by molar-refractivity contribution is 5.81. The summed E-state index contributed by atoms with van der Waals surface area (Å²) < 4.78 is 5.38. The highest BCUT2D eigenvalue weighted by Crippen LogP contribution is 2.18. The van der Waals surface area contributed by atoms with E-state index in [0.717, 1.165) is 18.4 Å². The highest BCUT2D eigenvalue weighted by Gasteiger charge is 2.24. The van der Waals surface area contributed by atoms with E-state index in [2.05, 4.69) is 37.4 Å². The second kappa shape index (κ2) is 5.53. The van der Waals surface area contributed by atoms with Gasteiger partial charge in [-0.15, -0.1) is 0 Å². The van der Waals surface area contributed by atoms with Gasteiger partial charge in [-0.25, -0.2) is 0 Å². The summed E-state index contributed by atoms with van der Waals surface area (Å²) in [5.74, 6) is 0.0122. The van der Waals surface area contributed by atoms with Crippen molar-refractivity contribution in [3.05, 3.63) is 34.9 Å². The Balaban J connectivity index is 2.00. The van der Waals surface area contributed by atoms with Crippen LogP contribution < -0.4 is 5.32 Å². The largest absolute Gasteiger partial charge is 0.368 e. The second-order valence-electron chi connectivity index (χ2n) is 5.08. The average molecular weight is 247 g/mol. The number of rotatable bonds is 3. The van der Waals surface area contributed by atoms with Crippen LogP contribution in [0.2, 0.25) is 0 Å².